The Hall–Kier alpha value is -0.940. The monoisotopic (exact) mass is 253 g/mol. The van der Waals surface area contributed by atoms with Crippen LogP contribution < -0.4 is 5.73 Å². The third-order valence-corrected chi connectivity index (χ3v) is 4.42. The summed E-state index contributed by atoms with van der Waals surface area (Å²) >= 11 is 1.48. The Balaban J connectivity index is 2.13. The zero-order chi connectivity index (χ0) is 12.6. The highest BCUT2D eigenvalue weighted by Crippen LogP contribution is 2.22. The molecule has 1 saturated heterocycles. The predicted molar refractivity (Wildman–Crippen MR) is 69.2 cm³/mol. The molecule has 2 N–H and O–H groups in total. The number of rotatable bonds is 1. The molecule has 2 heterocycles. The van der Waals surface area contributed by atoms with Crippen LogP contribution in [0, 0.1) is 19.8 Å². The lowest BCUT2D eigenvalue weighted by atomic mass is 9.95. The number of piperidine rings is 1. The Labute approximate surface area is 106 Å². The molecule has 1 aliphatic heterocycles. The molecule has 1 fully saturated rings. The second kappa shape index (κ2) is 4.74. The number of thiazole rings is 1. The second-order valence-electron chi connectivity index (χ2n) is 4.83. The van der Waals surface area contributed by atoms with Crippen molar-refractivity contribution in [1.29, 1.82) is 0 Å². The van der Waals surface area contributed by atoms with Gasteiger partial charge in [-0.3, -0.25) is 4.79 Å². The minimum absolute atomic E-state index is 0.117. The highest BCUT2D eigenvalue weighted by molar-refractivity contribution is 7.13. The molecule has 17 heavy (non-hydrogen) atoms. The molecule has 94 valence electrons. The number of amides is 1. The third-order valence-electron chi connectivity index (χ3n) is 3.36. The first-order valence-electron chi connectivity index (χ1n) is 5.98. The fraction of sp³-hybridized carbons (Fsp3) is 0.667. The SMILES string of the molecule is Cc1nc(C)c(C(=O)N2CCC(N)C(C)C2)s1. The summed E-state index contributed by atoms with van der Waals surface area (Å²) in [5.41, 5.74) is 6.81. The van der Waals surface area contributed by atoms with Crippen LogP contribution in [0.5, 0.6) is 0 Å². The summed E-state index contributed by atoms with van der Waals surface area (Å²) in [6.45, 7) is 7.46. The summed E-state index contributed by atoms with van der Waals surface area (Å²) in [7, 11) is 0. The van der Waals surface area contributed by atoms with Gasteiger partial charge in [0.05, 0.1) is 10.7 Å². The van der Waals surface area contributed by atoms with Crippen LogP contribution in [-0.2, 0) is 0 Å². The van der Waals surface area contributed by atoms with Gasteiger partial charge in [-0.1, -0.05) is 6.92 Å². The van der Waals surface area contributed by atoms with Gasteiger partial charge in [0.2, 0.25) is 0 Å². The summed E-state index contributed by atoms with van der Waals surface area (Å²) in [4.78, 5) is 19.3. The van der Waals surface area contributed by atoms with E-state index in [-0.39, 0.29) is 11.9 Å². The van der Waals surface area contributed by atoms with Gasteiger partial charge in [0.25, 0.3) is 5.91 Å². The Bertz CT molecular complexity index is 429. The van der Waals surface area contributed by atoms with Gasteiger partial charge in [0.15, 0.2) is 0 Å². The van der Waals surface area contributed by atoms with E-state index in [9.17, 15) is 4.79 Å². The van der Waals surface area contributed by atoms with Crippen LogP contribution in [0.4, 0.5) is 0 Å². The van der Waals surface area contributed by atoms with Gasteiger partial charge < -0.3 is 10.6 Å². The zero-order valence-corrected chi connectivity index (χ0v) is 11.4. The van der Waals surface area contributed by atoms with Gasteiger partial charge in [0, 0.05) is 19.1 Å². The van der Waals surface area contributed by atoms with Crippen molar-refractivity contribution in [1.82, 2.24) is 9.88 Å². The van der Waals surface area contributed by atoms with Crippen molar-refractivity contribution in [3.8, 4) is 0 Å². The number of likely N-dealkylation sites (tertiary alicyclic amines) is 1. The topological polar surface area (TPSA) is 59.2 Å². The fourth-order valence-corrected chi connectivity index (χ4v) is 3.11. The Morgan fingerprint density at radius 2 is 2.24 bits per heavy atom. The van der Waals surface area contributed by atoms with Crippen molar-refractivity contribution in [2.24, 2.45) is 11.7 Å². The number of hydrogen-bond donors (Lipinski definition) is 1. The standard InChI is InChI=1S/C12H19N3OS/c1-7-6-15(5-4-10(7)13)12(16)11-8(2)14-9(3)17-11/h7,10H,4-6,13H2,1-3H3. The van der Waals surface area contributed by atoms with Crippen molar-refractivity contribution in [2.75, 3.05) is 13.1 Å². The number of nitrogens with two attached hydrogens (primary N) is 1. The van der Waals surface area contributed by atoms with Crippen molar-refractivity contribution in [3.05, 3.63) is 15.6 Å². The van der Waals surface area contributed by atoms with Gasteiger partial charge in [-0.15, -0.1) is 11.3 Å². The van der Waals surface area contributed by atoms with E-state index in [1.165, 1.54) is 11.3 Å². The highest BCUT2D eigenvalue weighted by atomic mass is 32.1. The van der Waals surface area contributed by atoms with Crippen LogP contribution in [-0.4, -0.2) is 34.9 Å². The summed E-state index contributed by atoms with van der Waals surface area (Å²) in [5.74, 6) is 0.494. The zero-order valence-electron chi connectivity index (χ0n) is 10.6. The molecular weight excluding hydrogens is 234 g/mol. The number of hydrogen-bond acceptors (Lipinski definition) is 4. The Morgan fingerprint density at radius 1 is 1.53 bits per heavy atom. The number of carbonyl (C=O) groups is 1. The number of aromatic nitrogens is 1. The van der Waals surface area contributed by atoms with Crippen molar-refractivity contribution < 1.29 is 4.79 Å². The van der Waals surface area contributed by atoms with E-state index in [4.69, 9.17) is 5.73 Å². The molecule has 0 spiro atoms. The van der Waals surface area contributed by atoms with Gasteiger partial charge in [-0.05, 0) is 26.2 Å². The maximum Gasteiger partial charge on any atom is 0.265 e. The Kier molecular flexibility index (Phi) is 3.49. The summed E-state index contributed by atoms with van der Waals surface area (Å²) < 4.78 is 0. The average Bonchev–Trinajstić information content (AvgIpc) is 2.61. The minimum Gasteiger partial charge on any atom is -0.338 e. The van der Waals surface area contributed by atoms with E-state index in [0.717, 1.165) is 35.1 Å². The smallest absolute Gasteiger partial charge is 0.265 e. The second-order valence-corrected chi connectivity index (χ2v) is 6.03. The van der Waals surface area contributed by atoms with Crippen LogP contribution in [0.25, 0.3) is 0 Å². The predicted octanol–water partition coefficient (Wildman–Crippen LogP) is 1.57. The number of aryl methyl sites for hydroxylation is 2. The molecule has 2 atom stereocenters. The average molecular weight is 253 g/mol. The van der Waals surface area contributed by atoms with E-state index in [1.807, 2.05) is 18.7 Å². The maximum absolute atomic E-state index is 12.3. The first-order valence-corrected chi connectivity index (χ1v) is 6.79. The molecule has 1 aromatic rings. The molecule has 5 heteroatoms. The van der Waals surface area contributed by atoms with Gasteiger partial charge in [0.1, 0.15) is 4.88 Å². The van der Waals surface area contributed by atoms with Crippen LogP contribution >= 0.6 is 11.3 Å². The molecule has 0 aliphatic carbocycles. The van der Waals surface area contributed by atoms with Gasteiger partial charge in [-0.2, -0.15) is 0 Å². The number of carbonyl (C=O) groups excluding carboxylic acids is 1. The molecule has 1 amide bonds. The number of nitrogens with zero attached hydrogens (tertiary/aromatic N) is 2. The van der Waals surface area contributed by atoms with Crippen LogP contribution in [0.2, 0.25) is 0 Å². The van der Waals surface area contributed by atoms with E-state index in [0.29, 0.717) is 5.92 Å². The molecule has 0 radical (unpaired) electrons. The molecule has 0 aromatic carbocycles. The van der Waals surface area contributed by atoms with Gasteiger partial charge in [-0.25, -0.2) is 4.98 Å². The third kappa shape index (κ3) is 2.50. The highest BCUT2D eigenvalue weighted by Gasteiger charge is 2.28. The molecular formula is C12H19N3OS. The molecule has 0 bridgehead atoms. The normalized spacial score (nSPS) is 25.1. The van der Waals surface area contributed by atoms with Crippen LogP contribution in [0.3, 0.4) is 0 Å². The largest absolute Gasteiger partial charge is 0.338 e. The molecule has 0 saturated carbocycles. The molecule has 1 aliphatic rings. The van der Waals surface area contributed by atoms with Crippen LogP contribution in [0.1, 0.15) is 33.7 Å². The van der Waals surface area contributed by atoms with Crippen molar-refractivity contribution in [2.45, 2.75) is 33.2 Å². The first kappa shape index (κ1) is 12.5. The van der Waals surface area contributed by atoms with E-state index >= 15 is 0 Å². The van der Waals surface area contributed by atoms with E-state index in [2.05, 4.69) is 11.9 Å². The quantitative estimate of drug-likeness (QED) is 0.826. The molecule has 2 unspecified atom stereocenters. The van der Waals surface area contributed by atoms with E-state index in [1.54, 1.807) is 0 Å². The minimum atomic E-state index is 0.117. The fourth-order valence-electron chi connectivity index (χ4n) is 2.22. The van der Waals surface area contributed by atoms with Gasteiger partial charge >= 0.3 is 0 Å². The van der Waals surface area contributed by atoms with Crippen molar-refractivity contribution >= 4 is 17.2 Å². The molecule has 4 nitrogen and oxygen atoms in total. The first-order chi connectivity index (χ1) is 7.99. The van der Waals surface area contributed by atoms with Crippen molar-refractivity contribution in [3.63, 3.8) is 0 Å². The lowest BCUT2D eigenvalue weighted by molar-refractivity contribution is 0.0668. The Morgan fingerprint density at radius 3 is 2.76 bits per heavy atom. The maximum atomic E-state index is 12.3. The van der Waals surface area contributed by atoms with Crippen LogP contribution in [0.15, 0.2) is 0 Å². The summed E-state index contributed by atoms with van der Waals surface area (Å²) in [6, 6.07) is 0.225. The lowest BCUT2D eigenvalue weighted by Crippen LogP contribution is -2.48. The summed E-state index contributed by atoms with van der Waals surface area (Å²) in [5, 5.41) is 0.951. The summed E-state index contributed by atoms with van der Waals surface area (Å²) in [6.07, 6.45) is 0.893. The molecule has 2 rings (SSSR count). The molecule has 1 aromatic heterocycles. The van der Waals surface area contributed by atoms with E-state index < -0.39 is 0 Å². The lowest BCUT2D eigenvalue weighted by Gasteiger charge is -2.34.